The van der Waals surface area contributed by atoms with Gasteiger partial charge in [-0.1, -0.05) is 37.3 Å². The Morgan fingerprint density at radius 2 is 2.10 bits per heavy atom. The Morgan fingerprint density at radius 1 is 1.27 bits per heavy atom. The van der Waals surface area contributed by atoms with Gasteiger partial charge in [0, 0.05) is 45.6 Å². The van der Waals surface area contributed by atoms with Gasteiger partial charge >= 0.3 is 0 Å². The van der Waals surface area contributed by atoms with E-state index in [1.807, 2.05) is 23.1 Å². The maximum atomic E-state index is 11.8. The van der Waals surface area contributed by atoms with Crippen LogP contribution in [0, 0.1) is 0 Å². The average molecular weight is 412 g/mol. The molecule has 1 aromatic carbocycles. The molecule has 1 aliphatic heterocycles. The van der Waals surface area contributed by atoms with Crippen molar-refractivity contribution in [2.75, 3.05) is 26.2 Å². The number of guanidine groups is 1. The fourth-order valence-corrected chi connectivity index (χ4v) is 3.61. The summed E-state index contributed by atoms with van der Waals surface area (Å²) in [4.78, 5) is 18.5. The number of aliphatic imine (C=N–C) groups is 1. The van der Waals surface area contributed by atoms with Gasteiger partial charge in [0.1, 0.15) is 12.2 Å². The summed E-state index contributed by atoms with van der Waals surface area (Å²) in [6, 6.07) is 10.5. The molecule has 8 nitrogen and oxygen atoms in total. The maximum Gasteiger partial charge on any atom is 0.222 e. The third kappa shape index (κ3) is 6.30. The van der Waals surface area contributed by atoms with Gasteiger partial charge < -0.3 is 20.1 Å². The zero-order chi connectivity index (χ0) is 21.2. The maximum absolute atomic E-state index is 11.8. The highest BCUT2D eigenvalue weighted by molar-refractivity contribution is 5.80. The van der Waals surface area contributed by atoms with Crippen molar-refractivity contribution in [2.24, 2.45) is 4.99 Å². The molecule has 162 valence electrons. The van der Waals surface area contributed by atoms with Crippen molar-refractivity contribution in [3.8, 4) is 0 Å². The van der Waals surface area contributed by atoms with Crippen molar-refractivity contribution < 1.29 is 4.79 Å². The van der Waals surface area contributed by atoms with E-state index in [2.05, 4.69) is 51.4 Å². The lowest BCUT2D eigenvalue weighted by Gasteiger charge is -2.19. The molecule has 3 rings (SSSR count). The van der Waals surface area contributed by atoms with Crippen molar-refractivity contribution in [3.05, 3.63) is 48.0 Å². The highest BCUT2D eigenvalue weighted by atomic mass is 16.2. The smallest absolute Gasteiger partial charge is 0.222 e. The van der Waals surface area contributed by atoms with Gasteiger partial charge in [0.25, 0.3) is 0 Å². The van der Waals surface area contributed by atoms with Crippen LogP contribution in [0.5, 0.6) is 0 Å². The molecule has 1 amide bonds. The van der Waals surface area contributed by atoms with Gasteiger partial charge in [-0.25, -0.2) is 0 Å². The predicted octanol–water partition coefficient (Wildman–Crippen LogP) is 2.15. The second-order valence-corrected chi connectivity index (χ2v) is 7.57. The number of hydrogen-bond acceptors (Lipinski definition) is 4. The third-order valence-corrected chi connectivity index (χ3v) is 5.34. The first-order valence-corrected chi connectivity index (χ1v) is 10.9. The van der Waals surface area contributed by atoms with Gasteiger partial charge in [-0.2, -0.15) is 0 Å². The zero-order valence-electron chi connectivity index (χ0n) is 18.0. The van der Waals surface area contributed by atoms with Gasteiger partial charge in [-0.05, 0) is 25.3 Å². The average Bonchev–Trinajstić information content (AvgIpc) is 3.39. The highest BCUT2D eigenvalue weighted by Crippen LogP contribution is 2.11. The van der Waals surface area contributed by atoms with E-state index in [-0.39, 0.29) is 11.9 Å². The Balaban J connectivity index is 1.54. The van der Waals surface area contributed by atoms with Crippen LogP contribution < -0.4 is 10.6 Å². The van der Waals surface area contributed by atoms with Crippen LogP contribution in [0.4, 0.5) is 0 Å². The van der Waals surface area contributed by atoms with Crippen molar-refractivity contribution in [1.29, 1.82) is 0 Å². The van der Waals surface area contributed by atoms with E-state index in [0.29, 0.717) is 13.0 Å². The summed E-state index contributed by atoms with van der Waals surface area (Å²) in [6.45, 7) is 8.05. The van der Waals surface area contributed by atoms with Gasteiger partial charge in [-0.3, -0.25) is 9.79 Å². The molecule has 1 atom stereocenters. The topological polar surface area (TPSA) is 87.4 Å². The lowest BCUT2D eigenvalue weighted by Crippen LogP contribution is -2.40. The van der Waals surface area contributed by atoms with E-state index >= 15 is 0 Å². The Bertz CT molecular complexity index is 818. The predicted molar refractivity (Wildman–Crippen MR) is 118 cm³/mol. The first kappa shape index (κ1) is 21.8. The van der Waals surface area contributed by atoms with Crippen LogP contribution >= 0.6 is 0 Å². The largest absolute Gasteiger partial charge is 0.355 e. The van der Waals surface area contributed by atoms with E-state index in [1.54, 1.807) is 6.33 Å². The van der Waals surface area contributed by atoms with Crippen LogP contribution in [-0.2, 0) is 17.8 Å². The monoisotopic (exact) mass is 411 g/mol. The Morgan fingerprint density at radius 3 is 2.83 bits per heavy atom. The quantitative estimate of drug-likeness (QED) is 0.355. The molecule has 2 heterocycles. The van der Waals surface area contributed by atoms with E-state index < -0.39 is 0 Å². The number of carbonyl (C=O) groups excluding carboxylic acids is 1. The van der Waals surface area contributed by atoms with Crippen LogP contribution in [0.2, 0.25) is 0 Å². The molecule has 0 saturated carbocycles. The first-order chi connectivity index (χ1) is 14.7. The first-order valence-electron chi connectivity index (χ1n) is 10.9. The van der Waals surface area contributed by atoms with Crippen LogP contribution in [-0.4, -0.2) is 57.7 Å². The molecular weight excluding hydrogens is 378 g/mol. The Kier molecular flexibility index (Phi) is 8.23. The van der Waals surface area contributed by atoms with Crippen molar-refractivity contribution in [2.45, 2.75) is 52.1 Å². The van der Waals surface area contributed by atoms with Crippen LogP contribution in [0.3, 0.4) is 0 Å². The van der Waals surface area contributed by atoms with Crippen molar-refractivity contribution >= 4 is 11.9 Å². The molecule has 0 aliphatic carbocycles. The number of carbonyl (C=O) groups is 1. The normalized spacial score (nSPS) is 15.5. The Hall–Kier alpha value is -2.90. The fraction of sp³-hybridized carbons (Fsp3) is 0.545. The fourth-order valence-electron chi connectivity index (χ4n) is 3.61. The molecule has 30 heavy (non-hydrogen) atoms. The van der Waals surface area contributed by atoms with Gasteiger partial charge in [0.2, 0.25) is 5.91 Å². The number of rotatable bonds is 10. The molecule has 0 spiro atoms. The summed E-state index contributed by atoms with van der Waals surface area (Å²) in [5, 5.41) is 15.0. The van der Waals surface area contributed by atoms with E-state index in [1.165, 1.54) is 5.56 Å². The van der Waals surface area contributed by atoms with Crippen molar-refractivity contribution in [3.63, 3.8) is 0 Å². The number of nitrogens with zero attached hydrogens (tertiary/aromatic N) is 5. The second-order valence-electron chi connectivity index (χ2n) is 7.57. The number of likely N-dealkylation sites (tertiary alicyclic amines) is 1. The minimum absolute atomic E-state index is 0.138. The summed E-state index contributed by atoms with van der Waals surface area (Å²) in [5.74, 6) is 2.04. The lowest BCUT2D eigenvalue weighted by molar-refractivity contribution is -0.127. The third-order valence-electron chi connectivity index (χ3n) is 5.34. The summed E-state index contributed by atoms with van der Waals surface area (Å²) < 4.78 is 2.06. The summed E-state index contributed by atoms with van der Waals surface area (Å²) >= 11 is 0. The van der Waals surface area contributed by atoms with Gasteiger partial charge in [0.05, 0.1) is 6.04 Å². The number of aryl methyl sites for hydroxylation is 1. The molecule has 1 aliphatic rings. The molecule has 0 bridgehead atoms. The van der Waals surface area contributed by atoms with Gasteiger partial charge in [0.15, 0.2) is 5.96 Å². The highest BCUT2D eigenvalue weighted by Gasteiger charge is 2.19. The number of hydrogen-bond donors (Lipinski definition) is 2. The second kappa shape index (κ2) is 11.3. The lowest BCUT2D eigenvalue weighted by atomic mass is 10.1. The molecular formula is C22H33N7O. The molecule has 1 fully saturated rings. The molecule has 1 saturated heterocycles. The van der Waals surface area contributed by atoms with Crippen molar-refractivity contribution in [1.82, 2.24) is 30.3 Å². The summed E-state index contributed by atoms with van der Waals surface area (Å²) in [7, 11) is 0. The number of benzene rings is 1. The molecule has 8 heteroatoms. The summed E-state index contributed by atoms with van der Waals surface area (Å²) in [5.41, 5.74) is 1.21. The van der Waals surface area contributed by atoms with E-state index in [4.69, 9.17) is 4.99 Å². The van der Waals surface area contributed by atoms with Crippen LogP contribution in [0.25, 0.3) is 0 Å². The number of aromatic nitrogens is 3. The standard InChI is InChI=1S/C22H33N7O/c1-3-20-27-25-17-29(20)16-13-24-22(26-18(2)19-9-5-4-6-10-19)23-12-8-15-28-14-7-11-21(28)30/h4-6,9-10,17-18H,3,7-8,11-16H2,1-2H3,(H2,23,24,26). The zero-order valence-corrected chi connectivity index (χ0v) is 18.0. The number of amides is 1. The number of nitrogens with one attached hydrogen (secondary N) is 2. The molecule has 1 unspecified atom stereocenters. The van der Waals surface area contributed by atoms with E-state index in [9.17, 15) is 4.79 Å². The van der Waals surface area contributed by atoms with E-state index in [0.717, 1.165) is 57.2 Å². The summed E-state index contributed by atoms with van der Waals surface area (Å²) in [6.07, 6.45) is 5.16. The van der Waals surface area contributed by atoms with Crippen LogP contribution in [0.1, 0.15) is 50.5 Å². The van der Waals surface area contributed by atoms with Gasteiger partial charge in [-0.15, -0.1) is 10.2 Å². The Labute approximate surface area is 178 Å². The molecule has 0 radical (unpaired) electrons. The minimum Gasteiger partial charge on any atom is -0.355 e. The van der Waals surface area contributed by atoms with Crippen LogP contribution in [0.15, 0.2) is 41.7 Å². The minimum atomic E-state index is 0.138. The molecule has 2 aromatic rings. The SMILES string of the molecule is CCc1nncn1CCNC(=NCCCN1CCCC1=O)NC(C)c1ccccc1. The molecule has 2 N–H and O–H groups in total. The molecule has 1 aromatic heterocycles.